The van der Waals surface area contributed by atoms with E-state index in [-0.39, 0.29) is 6.67 Å². The summed E-state index contributed by atoms with van der Waals surface area (Å²) in [7, 11) is 1.47. The van der Waals surface area contributed by atoms with Gasteiger partial charge < -0.3 is 21.1 Å². The summed E-state index contributed by atoms with van der Waals surface area (Å²) in [4.78, 5) is 41.5. The van der Waals surface area contributed by atoms with E-state index in [0.29, 0.717) is 34.7 Å². The second-order valence-electron chi connectivity index (χ2n) is 8.37. The fourth-order valence-electron chi connectivity index (χ4n) is 3.50. The standard InChI is InChI=1S/C23H23F3N4O4.C3H7F/c1-34-15-7-8-16-17(12-15)28-22(33)20(29-19(16)13-5-3-2-4-6-13)30-21(32)14(11-18(27)31)9-10-23(24,25)26;1-2-3-4/h2-8,12,14,20H,9-11H2,1H3,(H2,27,31)(H,28,33)(H,30,32);2-3H2,1H3. The maximum absolute atomic E-state index is 12.9. The van der Waals surface area contributed by atoms with E-state index in [9.17, 15) is 31.9 Å². The highest BCUT2D eigenvalue weighted by molar-refractivity contribution is 6.20. The summed E-state index contributed by atoms with van der Waals surface area (Å²) < 4.78 is 54.0. The van der Waals surface area contributed by atoms with Crippen LogP contribution in [0.15, 0.2) is 53.5 Å². The van der Waals surface area contributed by atoms with Crippen molar-refractivity contribution in [3.05, 3.63) is 59.7 Å². The number of carbonyl (C=O) groups excluding carboxylic acids is 3. The highest BCUT2D eigenvalue weighted by Gasteiger charge is 2.34. The molecule has 1 heterocycles. The van der Waals surface area contributed by atoms with Crippen molar-refractivity contribution in [2.24, 2.45) is 16.6 Å². The number of anilines is 1. The Kier molecular flexibility index (Phi) is 11.2. The molecular weight excluding hydrogens is 508 g/mol. The van der Waals surface area contributed by atoms with Crippen molar-refractivity contribution in [3.8, 4) is 5.75 Å². The number of hydrogen-bond donors (Lipinski definition) is 3. The van der Waals surface area contributed by atoms with E-state index in [4.69, 9.17) is 10.5 Å². The van der Waals surface area contributed by atoms with E-state index in [1.807, 2.05) is 0 Å². The number of hydrogen-bond acceptors (Lipinski definition) is 5. The topological polar surface area (TPSA) is 123 Å². The summed E-state index contributed by atoms with van der Waals surface area (Å²) in [5.74, 6) is -3.46. The normalized spacial score (nSPS) is 15.5. The van der Waals surface area contributed by atoms with Gasteiger partial charge in [-0.2, -0.15) is 13.2 Å². The summed E-state index contributed by atoms with van der Waals surface area (Å²) in [5.41, 5.74) is 7.09. The van der Waals surface area contributed by atoms with Crippen LogP contribution in [-0.4, -0.2) is 49.6 Å². The maximum atomic E-state index is 12.9. The zero-order valence-electron chi connectivity index (χ0n) is 21.0. The molecule has 0 aliphatic carbocycles. The number of aliphatic imine (C=N–C) groups is 1. The van der Waals surface area contributed by atoms with Gasteiger partial charge in [0.25, 0.3) is 5.91 Å². The minimum Gasteiger partial charge on any atom is -0.497 e. The van der Waals surface area contributed by atoms with Crippen molar-refractivity contribution in [3.63, 3.8) is 0 Å². The quantitative estimate of drug-likeness (QED) is 0.416. The van der Waals surface area contributed by atoms with Gasteiger partial charge in [-0.1, -0.05) is 37.3 Å². The van der Waals surface area contributed by atoms with Crippen LogP contribution < -0.4 is 21.1 Å². The van der Waals surface area contributed by atoms with Gasteiger partial charge in [0.2, 0.25) is 18.0 Å². The Bertz CT molecular complexity index is 1140. The summed E-state index contributed by atoms with van der Waals surface area (Å²) >= 11 is 0. The van der Waals surface area contributed by atoms with Crippen LogP contribution in [0.4, 0.5) is 23.2 Å². The molecule has 1 aliphatic heterocycles. The number of benzene rings is 2. The zero-order valence-corrected chi connectivity index (χ0v) is 21.0. The monoisotopic (exact) mass is 538 g/mol. The van der Waals surface area contributed by atoms with Gasteiger partial charge in [0.1, 0.15) is 5.75 Å². The summed E-state index contributed by atoms with van der Waals surface area (Å²) in [6, 6.07) is 13.8. The summed E-state index contributed by atoms with van der Waals surface area (Å²) in [5, 5.41) is 5.04. The van der Waals surface area contributed by atoms with E-state index in [1.165, 1.54) is 7.11 Å². The van der Waals surface area contributed by atoms with E-state index >= 15 is 0 Å². The lowest BCUT2D eigenvalue weighted by Gasteiger charge is -2.19. The van der Waals surface area contributed by atoms with Crippen LogP contribution in [-0.2, 0) is 14.4 Å². The number of amides is 3. The van der Waals surface area contributed by atoms with Crippen molar-refractivity contribution < 1.29 is 36.7 Å². The van der Waals surface area contributed by atoms with Crippen LogP contribution in [0.3, 0.4) is 0 Å². The smallest absolute Gasteiger partial charge is 0.389 e. The van der Waals surface area contributed by atoms with Crippen molar-refractivity contribution in [1.29, 1.82) is 0 Å². The highest BCUT2D eigenvalue weighted by atomic mass is 19.4. The number of rotatable bonds is 9. The number of halogens is 4. The minimum absolute atomic E-state index is 0.181. The Hall–Kier alpha value is -3.96. The number of nitrogens with two attached hydrogens (primary N) is 1. The molecule has 3 rings (SSSR count). The highest BCUT2D eigenvalue weighted by Crippen LogP contribution is 2.29. The minimum atomic E-state index is -4.52. The van der Waals surface area contributed by atoms with Gasteiger partial charge in [-0.15, -0.1) is 0 Å². The third kappa shape index (κ3) is 9.16. The number of methoxy groups -OCH3 is 1. The van der Waals surface area contributed by atoms with Crippen molar-refractivity contribution in [2.75, 3.05) is 19.1 Å². The molecule has 0 radical (unpaired) electrons. The molecule has 1 aliphatic rings. The van der Waals surface area contributed by atoms with Gasteiger partial charge in [-0.3, -0.25) is 18.8 Å². The van der Waals surface area contributed by atoms with Gasteiger partial charge in [0, 0.05) is 36.0 Å². The SMILES string of the molecule is CCCF.COc1ccc2c(c1)NC(=O)C(NC(=O)C(CCC(F)(F)F)CC(N)=O)N=C2c1ccccc1. The van der Waals surface area contributed by atoms with Gasteiger partial charge >= 0.3 is 6.18 Å². The predicted molar refractivity (Wildman–Crippen MR) is 134 cm³/mol. The predicted octanol–water partition coefficient (Wildman–Crippen LogP) is 4.13. The first-order valence-electron chi connectivity index (χ1n) is 11.8. The van der Waals surface area contributed by atoms with Crippen LogP contribution in [0.5, 0.6) is 5.75 Å². The number of primary amides is 1. The molecule has 4 N–H and O–H groups in total. The molecule has 8 nitrogen and oxygen atoms in total. The fraction of sp³-hybridized carbons (Fsp3) is 0.385. The molecule has 2 unspecified atom stereocenters. The lowest BCUT2D eigenvalue weighted by molar-refractivity contribution is -0.143. The number of alkyl halides is 4. The Morgan fingerprint density at radius 2 is 1.84 bits per heavy atom. The molecule has 0 aromatic heterocycles. The van der Waals surface area contributed by atoms with E-state index in [1.54, 1.807) is 55.5 Å². The average molecular weight is 539 g/mol. The molecule has 2 aromatic rings. The van der Waals surface area contributed by atoms with Crippen LogP contribution in [0.25, 0.3) is 0 Å². The van der Waals surface area contributed by atoms with Gasteiger partial charge in [-0.05, 0) is 25.0 Å². The second-order valence-corrected chi connectivity index (χ2v) is 8.37. The Morgan fingerprint density at radius 1 is 1.18 bits per heavy atom. The maximum Gasteiger partial charge on any atom is 0.389 e. The molecule has 0 saturated heterocycles. The number of carbonyl (C=O) groups is 3. The molecule has 206 valence electrons. The van der Waals surface area contributed by atoms with Gasteiger partial charge in [-0.25, -0.2) is 4.99 Å². The number of nitrogens with zero attached hydrogens (tertiary/aromatic N) is 1. The first-order valence-corrected chi connectivity index (χ1v) is 11.8. The number of benzodiazepines with no additional fused rings is 1. The third-order valence-electron chi connectivity index (χ3n) is 5.36. The molecule has 38 heavy (non-hydrogen) atoms. The average Bonchev–Trinajstić information content (AvgIpc) is 3.01. The van der Waals surface area contributed by atoms with Crippen molar-refractivity contribution >= 4 is 29.1 Å². The van der Waals surface area contributed by atoms with Crippen LogP contribution >= 0.6 is 0 Å². The molecule has 0 saturated carbocycles. The van der Waals surface area contributed by atoms with Gasteiger partial charge in [0.05, 0.1) is 25.2 Å². The molecule has 2 aromatic carbocycles. The molecule has 0 spiro atoms. The van der Waals surface area contributed by atoms with Crippen LogP contribution in [0.1, 0.15) is 43.7 Å². The molecule has 0 fully saturated rings. The van der Waals surface area contributed by atoms with Gasteiger partial charge in [0.15, 0.2) is 0 Å². The van der Waals surface area contributed by atoms with Crippen LogP contribution in [0.2, 0.25) is 0 Å². The summed E-state index contributed by atoms with van der Waals surface area (Å²) in [6.45, 7) is 1.62. The van der Waals surface area contributed by atoms with Crippen LogP contribution in [0, 0.1) is 5.92 Å². The molecule has 0 bridgehead atoms. The largest absolute Gasteiger partial charge is 0.497 e. The number of nitrogens with one attached hydrogen (secondary N) is 2. The Labute approximate surface area is 217 Å². The first kappa shape index (κ1) is 30.3. The van der Waals surface area contributed by atoms with Crippen molar-refractivity contribution in [1.82, 2.24) is 5.32 Å². The lowest BCUT2D eigenvalue weighted by Crippen LogP contribution is -2.45. The lowest BCUT2D eigenvalue weighted by atomic mass is 9.97. The first-order chi connectivity index (χ1) is 18.0. The summed E-state index contributed by atoms with van der Waals surface area (Å²) in [6.07, 6.45) is -7.85. The Balaban J connectivity index is 0.00000118. The molecule has 12 heteroatoms. The van der Waals surface area contributed by atoms with E-state index < -0.39 is 55.2 Å². The van der Waals surface area contributed by atoms with Crippen molar-refractivity contribution in [2.45, 2.75) is 44.9 Å². The molecule has 3 amide bonds. The third-order valence-corrected chi connectivity index (χ3v) is 5.36. The molecular formula is C26H30F4N4O4. The van der Waals surface area contributed by atoms with E-state index in [0.717, 1.165) is 0 Å². The second kappa shape index (κ2) is 14.1. The zero-order chi connectivity index (χ0) is 28.3. The molecule has 2 atom stereocenters. The van der Waals surface area contributed by atoms with E-state index in [2.05, 4.69) is 15.6 Å². The Morgan fingerprint density at radius 3 is 2.39 bits per heavy atom. The number of ether oxygens (including phenoxy) is 1. The number of fused-ring (bicyclic) bond motifs is 1. The fourth-order valence-corrected chi connectivity index (χ4v) is 3.50.